The summed E-state index contributed by atoms with van der Waals surface area (Å²) in [5.74, 6) is 0. The molecule has 0 radical (unpaired) electrons. The van der Waals surface area contributed by atoms with Crippen LogP contribution in [0.5, 0.6) is 0 Å². The summed E-state index contributed by atoms with van der Waals surface area (Å²) in [7, 11) is -3.52. The van der Waals surface area contributed by atoms with Crippen LogP contribution in [0.25, 0.3) is 10.1 Å². The summed E-state index contributed by atoms with van der Waals surface area (Å²) in [6, 6.07) is 5.26. The first-order valence-electron chi connectivity index (χ1n) is 6.92. The second kappa shape index (κ2) is 7.03. The van der Waals surface area contributed by atoms with Crippen LogP contribution in [0.15, 0.2) is 28.5 Å². The number of nitrogens with zero attached hydrogens (tertiary/aromatic N) is 1. The first kappa shape index (κ1) is 18.0. The molecular formula is C14H18Cl2N2O2S2. The van der Waals surface area contributed by atoms with Crippen LogP contribution in [0.4, 0.5) is 0 Å². The number of fused-ring (bicyclic) bond motifs is 1. The third kappa shape index (κ3) is 3.13. The van der Waals surface area contributed by atoms with Crippen molar-refractivity contribution in [1.29, 1.82) is 0 Å². The van der Waals surface area contributed by atoms with Crippen LogP contribution in [-0.4, -0.2) is 31.9 Å². The van der Waals surface area contributed by atoms with E-state index in [1.807, 2.05) is 6.07 Å². The molecule has 0 amide bonds. The molecule has 2 aromatic rings. The standard InChI is InChI=1S/C14H17ClN2O2S2.ClH/c15-10-4-5-13-12(7-10)14(9-20-13)21(18,19)17-6-2-1-3-11(17)8-16;/h4-5,7,9,11H,1-3,6,8,16H2;1H. The largest absolute Gasteiger partial charge is 0.329 e. The van der Waals surface area contributed by atoms with Crippen LogP contribution in [0.2, 0.25) is 5.02 Å². The number of benzene rings is 1. The molecule has 1 aliphatic heterocycles. The molecule has 1 unspecified atom stereocenters. The topological polar surface area (TPSA) is 63.4 Å². The Hall–Kier alpha value is -0.370. The van der Waals surface area contributed by atoms with Crippen molar-refractivity contribution >= 4 is 55.5 Å². The normalized spacial score (nSPS) is 20.0. The molecule has 0 aliphatic carbocycles. The van der Waals surface area contributed by atoms with Gasteiger partial charge in [0.15, 0.2) is 0 Å². The number of thiophene rings is 1. The number of nitrogens with two attached hydrogens (primary N) is 1. The Bertz CT molecular complexity index is 761. The lowest BCUT2D eigenvalue weighted by Gasteiger charge is -2.33. The van der Waals surface area contributed by atoms with Gasteiger partial charge in [-0.1, -0.05) is 18.0 Å². The quantitative estimate of drug-likeness (QED) is 0.886. The van der Waals surface area contributed by atoms with Crippen LogP contribution < -0.4 is 5.73 Å². The number of halogens is 2. The molecule has 0 spiro atoms. The first-order chi connectivity index (χ1) is 10.0. The number of rotatable bonds is 3. The van der Waals surface area contributed by atoms with Crippen LogP contribution in [0.3, 0.4) is 0 Å². The van der Waals surface area contributed by atoms with Crippen molar-refractivity contribution in [2.24, 2.45) is 5.73 Å². The minimum atomic E-state index is -3.52. The molecule has 0 bridgehead atoms. The lowest BCUT2D eigenvalue weighted by Crippen LogP contribution is -2.47. The SMILES string of the molecule is Cl.NCC1CCCCN1S(=O)(=O)c1csc2ccc(Cl)cc12. The monoisotopic (exact) mass is 380 g/mol. The van der Waals surface area contributed by atoms with Crippen molar-refractivity contribution in [3.05, 3.63) is 28.6 Å². The molecule has 4 nitrogen and oxygen atoms in total. The highest BCUT2D eigenvalue weighted by Gasteiger charge is 2.34. The van der Waals surface area contributed by atoms with E-state index in [4.69, 9.17) is 17.3 Å². The van der Waals surface area contributed by atoms with Crippen molar-refractivity contribution in [3.8, 4) is 0 Å². The zero-order chi connectivity index (χ0) is 15.0. The third-order valence-corrected chi connectivity index (χ3v) is 7.27. The molecule has 1 saturated heterocycles. The summed E-state index contributed by atoms with van der Waals surface area (Å²) in [5, 5.41) is 2.96. The zero-order valence-corrected chi connectivity index (χ0v) is 15.1. The summed E-state index contributed by atoms with van der Waals surface area (Å²) < 4.78 is 28.5. The Balaban J connectivity index is 0.00000176. The van der Waals surface area contributed by atoms with E-state index in [-0.39, 0.29) is 18.4 Å². The highest BCUT2D eigenvalue weighted by atomic mass is 35.5. The fraction of sp³-hybridized carbons (Fsp3) is 0.429. The van der Waals surface area contributed by atoms with Crippen molar-refractivity contribution in [2.45, 2.75) is 30.2 Å². The first-order valence-corrected chi connectivity index (χ1v) is 9.62. The van der Waals surface area contributed by atoms with Gasteiger partial charge in [0.2, 0.25) is 10.0 Å². The third-order valence-electron chi connectivity index (χ3n) is 3.93. The number of sulfonamides is 1. The molecular weight excluding hydrogens is 363 g/mol. The highest BCUT2D eigenvalue weighted by molar-refractivity contribution is 7.89. The smallest absolute Gasteiger partial charge is 0.244 e. The Kier molecular flexibility index (Phi) is 5.74. The van der Waals surface area contributed by atoms with E-state index in [0.717, 1.165) is 24.0 Å². The van der Waals surface area contributed by atoms with Crippen molar-refractivity contribution in [2.75, 3.05) is 13.1 Å². The Labute approximate surface area is 145 Å². The molecule has 1 fully saturated rings. The Morgan fingerprint density at radius 1 is 1.36 bits per heavy atom. The number of hydrogen-bond acceptors (Lipinski definition) is 4. The maximum absolute atomic E-state index is 13.0. The summed E-state index contributed by atoms with van der Waals surface area (Å²) in [6.45, 7) is 0.907. The van der Waals surface area contributed by atoms with Crippen molar-refractivity contribution < 1.29 is 8.42 Å². The molecule has 3 rings (SSSR count). The van der Waals surface area contributed by atoms with E-state index < -0.39 is 10.0 Å². The molecule has 1 aromatic carbocycles. The lowest BCUT2D eigenvalue weighted by molar-refractivity contribution is 0.258. The second-order valence-electron chi connectivity index (χ2n) is 5.24. The average molecular weight is 381 g/mol. The Morgan fingerprint density at radius 2 is 2.14 bits per heavy atom. The van der Waals surface area contributed by atoms with E-state index in [0.29, 0.717) is 28.4 Å². The maximum Gasteiger partial charge on any atom is 0.244 e. The molecule has 1 aliphatic rings. The molecule has 1 aromatic heterocycles. The van der Waals surface area contributed by atoms with Crippen molar-refractivity contribution in [3.63, 3.8) is 0 Å². The van der Waals surface area contributed by atoms with Gasteiger partial charge in [-0.05, 0) is 31.0 Å². The van der Waals surface area contributed by atoms with E-state index in [9.17, 15) is 8.42 Å². The minimum Gasteiger partial charge on any atom is -0.329 e. The average Bonchev–Trinajstić information content (AvgIpc) is 2.90. The molecule has 2 N–H and O–H groups in total. The van der Waals surface area contributed by atoms with Gasteiger partial charge in [-0.25, -0.2) is 8.42 Å². The van der Waals surface area contributed by atoms with Gasteiger partial charge in [0.1, 0.15) is 4.90 Å². The van der Waals surface area contributed by atoms with Crippen molar-refractivity contribution in [1.82, 2.24) is 4.31 Å². The van der Waals surface area contributed by atoms with Crippen LogP contribution in [-0.2, 0) is 10.0 Å². The van der Waals surface area contributed by atoms with E-state index in [1.165, 1.54) is 11.3 Å². The second-order valence-corrected chi connectivity index (χ2v) is 8.45. The highest BCUT2D eigenvalue weighted by Crippen LogP contribution is 2.35. The van der Waals surface area contributed by atoms with E-state index >= 15 is 0 Å². The predicted molar refractivity (Wildman–Crippen MR) is 94.7 cm³/mol. The molecule has 8 heteroatoms. The molecule has 2 heterocycles. The molecule has 0 saturated carbocycles. The summed E-state index contributed by atoms with van der Waals surface area (Å²) in [5.41, 5.74) is 5.76. The number of piperidine rings is 1. The summed E-state index contributed by atoms with van der Waals surface area (Å²) >= 11 is 7.44. The van der Waals surface area contributed by atoms with Gasteiger partial charge in [-0.2, -0.15) is 4.31 Å². The summed E-state index contributed by atoms with van der Waals surface area (Å²) in [6.07, 6.45) is 2.75. The predicted octanol–water partition coefficient (Wildman–Crippen LogP) is 3.48. The van der Waals surface area contributed by atoms with Gasteiger partial charge in [0.25, 0.3) is 0 Å². The van der Waals surface area contributed by atoms with Gasteiger partial charge in [0, 0.05) is 39.6 Å². The molecule has 122 valence electrons. The molecule has 22 heavy (non-hydrogen) atoms. The van der Waals surface area contributed by atoms with Gasteiger partial charge >= 0.3 is 0 Å². The van der Waals surface area contributed by atoms with Gasteiger partial charge < -0.3 is 5.73 Å². The van der Waals surface area contributed by atoms with Crippen LogP contribution in [0, 0.1) is 0 Å². The van der Waals surface area contributed by atoms with Gasteiger partial charge in [-0.3, -0.25) is 0 Å². The maximum atomic E-state index is 13.0. The van der Waals surface area contributed by atoms with Gasteiger partial charge in [-0.15, -0.1) is 23.7 Å². The number of hydrogen-bond donors (Lipinski definition) is 1. The fourth-order valence-electron chi connectivity index (χ4n) is 2.83. The Morgan fingerprint density at radius 3 is 2.86 bits per heavy atom. The van der Waals surface area contributed by atoms with Gasteiger partial charge in [0.05, 0.1) is 0 Å². The summed E-state index contributed by atoms with van der Waals surface area (Å²) in [4.78, 5) is 0.352. The molecule has 1 atom stereocenters. The minimum absolute atomic E-state index is 0. The fourth-order valence-corrected chi connectivity index (χ4v) is 6.15. The van der Waals surface area contributed by atoms with Crippen LogP contribution in [0.1, 0.15) is 19.3 Å². The van der Waals surface area contributed by atoms with Crippen LogP contribution >= 0.6 is 35.3 Å². The zero-order valence-electron chi connectivity index (χ0n) is 11.9. The lowest BCUT2D eigenvalue weighted by atomic mass is 10.1. The van der Waals surface area contributed by atoms with E-state index in [1.54, 1.807) is 21.8 Å². The van der Waals surface area contributed by atoms with E-state index in [2.05, 4.69) is 0 Å².